The van der Waals surface area contributed by atoms with E-state index in [2.05, 4.69) is 0 Å². The summed E-state index contributed by atoms with van der Waals surface area (Å²) in [5.74, 6) is -0.301. The monoisotopic (exact) mass is 275 g/mol. The van der Waals surface area contributed by atoms with E-state index in [9.17, 15) is 14.5 Å². The van der Waals surface area contributed by atoms with Crippen LogP contribution in [0, 0.1) is 15.9 Å². The molecule has 2 aromatic rings. The average Bonchev–Trinajstić information content (AvgIpc) is 2.41. The number of nitrogens with two attached hydrogens (primary N) is 1. The van der Waals surface area contributed by atoms with Gasteiger partial charge >= 0.3 is 0 Å². The van der Waals surface area contributed by atoms with Gasteiger partial charge in [-0.3, -0.25) is 10.1 Å². The Balaban J connectivity index is 2.19. The van der Waals surface area contributed by atoms with Crippen molar-refractivity contribution < 1.29 is 9.31 Å². The average molecular weight is 275 g/mol. The SMILES string of the molecule is CN(Cc1ccc(N)c([N+](=O)[O-])c1)c1ccc(F)cc1. The number of hydrogen-bond acceptors (Lipinski definition) is 4. The molecule has 0 radical (unpaired) electrons. The summed E-state index contributed by atoms with van der Waals surface area (Å²) < 4.78 is 12.9. The van der Waals surface area contributed by atoms with Gasteiger partial charge in [-0.2, -0.15) is 0 Å². The largest absolute Gasteiger partial charge is 0.393 e. The van der Waals surface area contributed by atoms with Crippen LogP contribution in [0.3, 0.4) is 0 Å². The maximum atomic E-state index is 12.9. The standard InChI is InChI=1S/C14H14FN3O2/c1-17(12-5-3-11(15)4-6-12)9-10-2-7-13(16)14(8-10)18(19)20/h2-8H,9,16H2,1H3. The summed E-state index contributed by atoms with van der Waals surface area (Å²) in [6, 6.07) is 10.8. The van der Waals surface area contributed by atoms with Gasteiger partial charge in [0.2, 0.25) is 0 Å². The van der Waals surface area contributed by atoms with Crippen LogP contribution in [0.5, 0.6) is 0 Å². The first-order chi connectivity index (χ1) is 9.47. The summed E-state index contributed by atoms with van der Waals surface area (Å²) in [4.78, 5) is 12.2. The first kappa shape index (κ1) is 13.8. The first-order valence-corrected chi connectivity index (χ1v) is 5.97. The van der Waals surface area contributed by atoms with E-state index in [4.69, 9.17) is 5.73 Å². The molecule has 0 aliphatic rings. The Kier molecular flexibility index (Phi) is 3.84. The molecule has 0 unspecified atom stereocenters. The zero-order valence-corrected chi connectivity index (χ0v) is 10.9. The van der Waals surface area contributed by atoms with Crippen molar-refractivity contribution >= 4 is 17.1 Å². The van der Waals surface area contributed by atoms with Crippen molar-refractivity contribution in [3.8, 4) is 0 Å². The molecule has 0 aromatic heterocycles. The number of halogens is 1. The first-order valence-electron chi connectivity index (χ1n) is 5.97. The molecule has 2 rings (SSSR count). The van der Waals surface area contributed by atoms with Gasteiger partial charge in [0.1, 0.15) is 11.5 Å². The Morgan fingerprint density at radius 3 is 2.50 bits per heavy atom. The summed E-state index contributed by atoms with van der Waals surface area (Å²) in [7, 11) is 1.83. The number of anilines is 2. The van der Waals surface area contributed by atoms with Crippen LogP contribution < -0.4 is 10.6 Å². The lowest BCUT2D eigenvalue weighted by atomic mass is 10.1. The Bertz CT molecular complexity index is 629. The number of benzene rings is 2. The minimum atomic E-state index is -0.503. The molecule has 6 heteroatoms. The zero-order valence-electron chi connectivity index (χ0n) is 10.9. The fourth-order valence-electron chi connectivity index (χ4n) is 1.91. The third kappa shape index (κ3) is 3.03. The second-order valence-electron chi connectivity index (χ2n) is 4.48. The molecule has 2 aromatic carbocycles. The third-order valence-electron chi connectivity index (χ3n) is 2.98. The summed E-state index contributed by atoms with van der Waals surface area (Å²) in [6.07, 6.45) is 0. The molecular formula is C14H14FN3O2. The number of nitro benzene ring substituents is 1. The molecule has 0 saturated heterocycles. The molecule has 2 N–H and O–H groups in total. The molecule has 0 saturated carbocycles. The van der Waals surface area contributed by atoms with Gasteiger partial charge in [0.15, 0.2) is 0 Å². The highest BCUT2D eigenvalue weighted by Crippen LogP contribution is 2.24. The van der Waals surface area contributed by atoms with Gasteiger partial charge in [0.25, 0.3) is 5.69 Å². The molecular weight excluding hydrogens is 261 g/mol. The Morgan fingerprint density at radius 2 is 1.90 bits per heavy atom. The van der Waals surface area contributed by atoms with Crippen molar-refractivity contribution in [1.82, 2.24) is 0 Å². The van der Waals surface area contributed by atoms with Crippen LogP contribution in [-0.2, 0) is 6.54 Å². The lowest BCUT2D eigenvalue weighted by Gasteiger charge is -2.19. The Morgan fingerprint density at radius 1 is 1.25 bits per heavy atom. The maximum absolute atomic E-state index is 12.9. The number of hydrogen-bond donors (Lipinski definition) is 1. The topological polar surface area (TPSA) is 72.4 Å². The highest BCUT2D eigenvalue weighted by molar-refractivity contribution is 5.59. The molecule has 0 aliphatic heterocycles. The van der Waals surface area contributed by atoms with E-state index in [0.29, 0.717) is 6.54 Å². The van der Waals surface area contributed by atoms with E-state index < -0.39 is 4.92 Å². The quantitative estimate of drug-likeness (QED) is 0.529. The van der Waals surface area contributed by atoms with Crippen LogP contribution >= 0.6 is 0 Å². The molecule has 0 amide bonds. The van der Waals surface area contributed by atoms with Crippen LogP contribution in [0.1, 0.15) is 5.56 Å². The van der Waals surface area contributed by atoms with Gasteiger partial charge in [-0.1, -0.05) is 6.07 Å². The second-order valence-corrected chi connectivity index (χ2v) is 4.48. The molecule has 0 aliphatic carbocycles. The van der Waals surface area contributed by atoms with Crippen LogP contribution in [0.25, 0.3) is 0 Å². The highest BCUT2D eigenvalue weighted by atomic mass is 19.1. The van der Waals surface area contributed by atoms with Crippen molar-refractivity contribution in [1.29, 1.82) is 0 Å². The van der Waals surface area contributed by atoms with E-state index >= 15 is 0 Å². The molecule has 0 fully saturated rings. The summed E-state index contributed by atoms with van der Waals surface area (Å²) in [5.41, 5.74) is 7.18. The molecule has 0 heterocycles. The smallest absolute Gasteiger partial charge is 0.292 e. The minimum absolute atomic E-state index is 0.102. The highest BCUT2D eigenvalue weighted by Gasteiger charge is 2.12. The van der Waals surface area contributed by atoms with Crippen molar-refractivity contribution in [3.05, 3.63) is 64.0 Å². The predicted molar refractivity (Wildman–Crippen MR) is 76.0 cm³/mol. The van der Waals surface area contributed by atoms with Crippen molar-refractivity contribution in [2.24, 2.45) is 0 Å². The van der Waals surface area contributed by atoms with Gasteiger partial charge in [-0.05, 0) is 35.9 Å². The van der Waals surface area contributed by atoms with Crippen molar-refractivity contribution in [2.45, 2.75) is 6.54 Å². The van der Waals surface area contributed by atoms with E-state index in [0.717, 1.165) is 11.3 Å². The lowest BCUT2D eigenvalue weighted by Crippen LogP contribution is -2.16. The zero-order chi connectivity index (χ0) is 14.7. The van der Waals surface area contributed by atoms with Crippen LogP contribution in [0.15, 0.2) is 42.5 Å². The van der Waals surface area contributed by atoms with Gasteiger partial charge in [-0.25, -0.2) is 4.39 Å². The maximum Gasteiger partial charge on any atom is 0.292 e. The molecule has 0 spiro atoms. The van der Waals surface area contributed by atoms with E-state index in [1.54, 1.807) is 18.2 Å². The number of nitrogen functional groups attached to an aromatic ring is 1. The van der Waals surface area contributed by atoms with E-state index in [-0.39, 0.29) is 17.2 Å². The lowest BCUT2D eigenvalue weighted by molar-refractivity contribution is -0.384. The molecule has 5 nitrogen and oxygen atoms in total. The van der Waals surface area contributed by atoms with Gasteiger partial charge < -0.3 is 10.6 Å². The fraction of sp³-hybridized carbons (Fsp3) is 0.143. The van der Waals surface area contributed by atoms with Crippen molar-refractivity contribution in [3.63, 3.8) is 0 Å². The molecule has 0 bridgehead atoms. The normalized spacial score (nSPS) is 10.3. The van der Waals surface area contributed by atoms with Gasteiger partial charge in [0.05, 0.1) is 4.92 Å². The third-order valence-corrected chi connectivity index (χ3v) is 2.98. The van der Waals surface area contributed by atoms with Crippen LogP contribution in [-0.4, -0.2) is 12.0 Å². The van der Waals surface area contributed by atoms with E-state index in [1.165, 1.54) is 24.3 Å². The molecule has 104 valence electrons. The summed E-state index contributed by atoms with van der Waals surface area (Å²) in [5, 5.41) is 10.8. The number of rotatable bonds is 4. The van der Waals surface area contributed by atoms with Crippen LogP contribution in [0.2, 0.25) is 0 Å². The Hall–Kier alpha value is -2.63. The second kappa shape index (κ2) is 5.56. The van der Waals surface area contributed by atoms with Crippen molar-refractivity contribution in [2.75, 3.05) is 17.7 Å². The molecule has 0 atom stereocenters. The Labute approximate surface area is 115 Å². The predicted octanol–water partition coefficient (Wildman–Crippen LogP) is 2.95. The number of nitrogens with zero attached hydrogens (tertiary/aromatic N) is 2. The number of nitro groups is 1. The van der Waals surface area contributed by atoms with Crippen LogP contribution in [0.4, 0.5) is 21.5 Å². The minimum Gasteiger partial charge on any atom is -0.393 e. The van der Waals surface area contributed by atoms with Gasteiger partial charge in [0, 0.05) is 25.3 Å². The summed E-state index contributed by atoms with van der Waals surface area (Å²) >= 11 is 0. The fourth-order valence-corrected chi connectivity index (χ4v) is 1.91. The molecule has 20 heavy (non-hydrogen) atoms. The van der Waals surface area contributed by atoms with E-state index in [1.807, 2.05) is 11.9 Å². The van der Waals surface area contributed by atoms with Gasteiger partial charge in [-0.15, -0.1) is 0 Å². The summed E-state index contributed by atoms with van der Waals surface area (Å²) in [6.45, 7) is 0.465.